The Morgan fingerprint density at radius 2 is 2.07 bits per heavy atom. The predicted octanol–water partition coefficient (Wildman–Crippen LogP) is 1.62. The van der Waals surface area contributed by atoms with Crippen LogP contribution in [0.5, 0.6) is 0 Å². The SMILES string of the molecule is C/C(=N\NCC1CCCCC1)C(=O)O. The summed E-state index contributed by atoms with van der Waals surface area (Å²) in [5.74, 6) is -0.282. The molecule has 0 amide bonds. The molecule has 1 saturated carbocycles. The minimum absolute atomic E-state index is 0.126. The minimum atomic E-state index is -0.957. The molecule has 0 bridgehead atoms. The van der Waals surface area contributed by atoms with E-state index < -0.39 is 5.97 Å². The Hall–Kier alpha value is -1.06. The van der Waals surface area contributed by atoms with Crippen LogP contribution in [0.4, 0.5) is 0 Å². The lowest BCUT2D eigenvalue weighted by Crippen LogP contribution is -2.23. The van der Waals surface area contributed by atoms with Gasteiger partial charge in [0, 0.05) is 6.54 Å². The second-order valence-corrected chi connectivity index (χ2v) is 3.87. The second-order valence-electron chi connectivity index (χ2n) is 3.87. The maximum Gasteiger partial charge on any atom is 0.351 e. The molecule has 14 heavy (non-hydrogen) atoms. The first kappa shape index (κ1) is 11.0. The summed E-state index contributed by atoms with van der Waals surface area (Å²) in [6, 6.07) is 0. The molecule has 0 atom stereocenters. The van der Waals surface area contributed by atoms with Gasteiger partial charge in [-0.3, -0.25) is 0 Å². The molecule has 0 aromatic rings. The third-order valence-electron chi connectivity index (χ3n) is 2.66. The smallest absolute Gasteiger partial charge is 0.351 e. The van der Waals surface area contributed by atoms with Gasteiger partial charge in [0.1, 0.15) is 5.71 Å². The number of hydrogen-bond donors (Lipinski definition) is 2. The number of carboxylic acids is 1. The molecule has 1 aliphatic carbocycles. The van der Waals surface area contributed by atoms with E-state index in [9.17, 15) is 4.79 Å². The van der Waals surface area contributed by atoms with Gasteiger partial charge in [0.2, 0.25) is 0 Å². The van der Waals surface area contributed by atoms with Crippen LogP contribution in [0.15, 0.2) is 5.10 Å². The standard InChI is InChI=1S/C10H18N2O2/c1-8(10(13)14)12-11-7-9-5-3-2-4-6-9/h9,11H,2-7H2,1H3,(H,13,14)/b12-8+. The fraction of sp³-hybridized carbons (Fsp3) is 0.800. The number of carbonyl (C=O) groups is 1. The van der Waals surface area contributed by atoms with Gasteiger partial charge in [-0.05, 0) is 25.7 Å². The zero-order valence-electron chi connectivity index (χ0n) is 8.62. The molecule has 0 radical (unpaired) electrons. The van der Waals surface area contributed by atoms with E-state index in [4.69, 9.17) is 5.11 Å². The summed E-state index contributed by atoms with van der Waals surface area (Å²) >= 11 is 0. The molecule has 0 heterocycles. The minimum Gasteiger partial charge on any atom is -0.477 e. The summed E-state index contributed by atoms with van der Waals surface area (Å²) in [6.07, 6.45) is 6.43. The number of hydrazone groups is 1. The van der Waals surface area contributed by atoms with Crippen molar-refractivity contribution < 1.29 is 9.90 Å². The Balaban J connectivity index is 2.19. The molecule has 2 N–H and O–H groups in total. The van der Waals surface area contributed by atoms with Crippen molar-refractivity contribution in [3.8, 4) is 0 Å². The Labute approximate surface area is 84.4 Å². The van der Waals surface area contributed by atoms with Crippen molar-refractivity contribution in [2.24, 2.45) is 11.0 Å². The number of hydrogen-bond acceptors (Lipinski definition) is 3. The first-order valence-electron chi connectivity index (χ1n) is 5.20. The van der Waals surface area contributed by atoms with Gasteiger partial charge in [-0.2, -0.15) is 5.10 Å². The average Bonchev–Trinajstić information content (AvgIpc) is 2.19. The largest absolute Gasteiger partial charge is 0.477 e. The van der Waals surface area contributed by atoms with Gasteiger partial charge in [0.15, 0.2) is 0 Å². The molecular formula is C10H18N2O2. The zero-order valence-corrected chi connectivity index (χ0v) is 8.62. The lowest BCUT2D eigenvalue weighted by atomic mass is 9.89. The van der Waals surface area contributed by atoms with E-state index in [0.717, 1.165) is 6.54 Å². The van der Waals surface area contributed by atoms with Gasteiger partial charge in [-0.15, -0.1) is 0 Å². The summed E-state index contributed by atoms with van der Waals surface area (Å²) in [6.45, 7) is 2.31. The maximum atomic E-state index is 10.4. The summed E-state index contributed by atoms with van der Waals surface area (Å²) in [5, 5.41) is 12.3. The van der Waals surface area contributed by atoms with Gasteiger partial charge in [0.05, 0.1) is 0 Å². The molecule has 1 aliphatic rings. The van der Waals surface area contributed by atoms with E-state index in [0.29, 0.717) is 5.92 Å². The highest BCUT2D eigenvalue weighted by atomic mass is 16.4. The van der Waals surface area contributed by atoms with Crippen LogP contribution in [0.3, 0.4) is 0 Å². The number of aliphatic carboxylic acids is 1. The lowest BCUT2D eigenvalue weighted by Gasteiger charge is -2.20. The first-order valence-corrected chi connectivity index (χ1v) is 5.20. The normalized spacial score (nSPS) is 19.4. The monoisotopic (exact) mass is 198 g/mol. The zero-order chi connectivity index (χ0) is 10.4. The van der Waals surface area contributed by atoms with E-state index >= 15 is 0 Å². The van der Waals surface area contributed by atoms with Crippen LogP contribution in [-0.2, 0) is 4.79 Å². The molecule has 0 spiro atoms. The summed E-state index contributed by atoms with van der Waals surface area (Å²) in [5.41, 5.74) is 2.97. The fourth-order valence-corrected chi connectivity index (χ4v) is 1.73. The third-order valence-corrected chi connectivity index (χ3v) is 2.66. The molecular weight excluding hydrogens is 180 g/mol. The second kappa shape index (κ2) is 5.62. The Bertz CT molecular complexity index is 220. The summed E-state index contributed by atoms with van der Waals surface area (Å²) in [4.78, 5) is 10.4. The Kier molecular flexibility index (Phi) is 4.43. The quantitative estimate of drug-likeness (QED) is 0.533. The van der Waals surface area contributed by atoms with Crippen LogP contribution in [0, 0.1) is 5.92 Å². The van der Waals surface area contributed by atoms with Crippen molar-refractivity contribution in [1.29, 1.82) is 0 Å². The first-order chi connectivity index (χ1) is 6.70. The molecule has 0 aromatic heterocycles. The highest BCUT2D eigenvalue weighted by Gasteiger charge is 2.12. The fourth-order valence-electron chi connectivity index (χ4n) is 1.73. The number of carboxylic acid groups (broad SMARTS) is 1. The van der Waals surface area contributed by atoms with Gasteiger partial charge in [0.25, 0.3) is 0 Å². The van der Waals surface area contributed by atoms with Crippen molar-refractivity contribution in [3.63, 3.8) is 0 Å². The van der Waals surface area contributed by atoms with Crippen LogP contribution < -0.4 is 5.43 Å². The van der Waals surface area contributed by atoms with Crippen molar-refractivity contribution >= 4 is 11.7 Å². The number of nitrogens with one attached hydrogen (secondary N) is 1. The molecule has 0 aliphatic heterocycles. The van der Waals surface area contributed by atoms with E-state index in [1.165, 1.54) is 39.0 Å². The molecule has 80 valence electrons. The maximum absolute atomic E-state index is 10.4. The van der Waals surface area contributed by atoms with Crippen molar-refractivity contribution in [2.75, 3.05) is 6.54 Å². The number of rotatable bonds is 4. The van der Waals surface area contributed by atoms with E-state index in [2.05, 4.69) is 10.5 Å². The van der Waals surface area contributed by atoms with Crippen LogP contribution in [-0.4, -0.2) is 23.3 Å². The third kappa shape index (κ3) is 3.77. The van der Waals surface area contributed by atoms with Crippen LogP contribution >= 0.6 is 0 Å². The Morgan fingerprint density at radius 3 is 2.64 bits per heavy atom. The highest BCUT2D eigenvalue weighted by Crippen LogP contribution is 2.22. The average molecular weight is 198 g/mol. The molecule has 0 unspecified atom stereocenters. The van der Waals surface area contributed by atoms with Gasteiger partial charge in [-0.1, -0.05) is 19.3 Å². The van der Waals surface area contributed by atoms with Crippen LogP contribution in [0.2, 0.25) is 0 Å². The molecule has 0 saturated heterocycles. The molecule has 4 nitrogen and oxygen atoms in total. The van der Waals surface area contributed by atoms with E-state index in [1.54, 1.807) is 0 Å². The molecule has 1 rings (SSSR count). The Morgan fingerprint density at radius 1 is 1.43 bits per heavy atom. The molecule has 4 heteroatoms. The van der Waals surface area contributed by atoms with Crippen LogP contribution in [0.25, 0.3) is 0 Å². The topological polar surface area (TPSA) is 61.7 Å². The van der Waals surface area contributed by atoms with Crippen LogP contribution in [0.1, 0.15) is 39.0 Å². The van der Waals surface area contributed by atoms with Gasteiger partial charge in [-0.25, -0.2) is 4.79 Å². The predicted molar refractivity (Wildman–Crippen MR) is 55.3 cm³/mol. The van der Waals surface area contributed by atoms with Crippen molar-refractivity contribution in [1.82, 2.24) is 5.43 Å². The van der Waals surface area contributed by atoms with Crippen molar-refractivity contribution in [3.05, 3.63) is 0 Å². The number of nitrogens with zero attached hydrogens (tertiary/aromatic N) is 1. The van der Waals surface area contributed by atoms with E-state index in [1.807, 2.05) is 0 Å². The van der Waals surface area contributed by atoms with Gasteiger partial charge >= 0.3 is 5.97 Å². The lowest BCUT2D eigenvalue weighted by molar-refractivity contribution is -0.129. The highest BCUT2D eigenvalue weighted by molar-refractivity contribution is 6.34. The molecule has 0 aromatic carbocycles. The van der Waals surface area contributed by atoms with E-state index in [-0.39, 0.29) is 5.71 Å². The summed E-state index contributed by atoms with van der Waals surface area (Å²) in [7, 11) is 0. The molecule has 1 fully saturated rings. The van der Waals surface area contributed by atoms with Crippen molar-refractivity contribution in [2.45, 2.75) is 39.0 Å². The summed E-state index contributed by atoms with van der Waals surface area (Å²) < 4.78 is 0. The van der Waals surface area contributed by atoms with Gasteiger partial charge < -0.3 is 10.5 Å².